The van der Waals surface area contributed by atoms with Gasteiger partial charge in [-0.1, -0.05) is 24.0 Å². The van der Waals surface area contributed by atoms with Crippen LogP contribution < -0.4 is 49.8 Å². The van der Waals surface area contributed by atoms with Gasteiger partial charge in [-0.25, -0.2) is 9.97 Å². The van der Waals surface area contributed by atoms with Crippen LogP contribution in [0.3, 0.4) is 0 Å². The SMILES string of the molecule is C#Cc1cccc(Nc2[nH+]cnc3cc(OCCOC)c(OCCOC)cc23)c1.C#Cc1cccc(Nc2[nH+]cnc3cc(OCCOC)c(OCCOC)cc23)c1.O=C(O)CCCCC(=O)O.O=C([O-])CCCCC(=O)[O-]. The van der Waals surface area contributed by atoms with Crippen LogP contribution in [0.1, 0.15) is 62.5 Å². The number of carboxylic acids is 4. The molecule has 0 saturated heterocycles. The van der Waals surface area contributed by atoms with Crippen molar-refractivity contribution in [2.45, 2.75) is 51.4 Å². The Kier molecular flexibility index (Phi) is 30.1. The van der Waals surface area contributed by atoms with Crippen molar-refractivity contribution in [1.82, 2.24) is 9.97 Å². The summed E-state index contributed by atoms with van der Waals surface area (Å²) in [5.41, 5.74) is 4.84. The van der Waals surface area contributed by atoms with Crippen molar-refractivity contribution in [3.8, 4) is 47.7 Å². The number of carbonyl (C=O) groups excluding carboxylic acids is 2. The highest BCUT2D eigenvalue weighted by Crippen LogP contribution is 2.36. The smallest absolute Gasteiger partial charge is 0.303 e. The molecular weight excluding hydrogens is 1010 g/mol. The Labute approximate surface area is 452 Å². The summed E-state index contributed by atoms with van der Waals surface area (Å²) in [4.78, 5) is 54.5. The molecule has 78 heavy (non-hydrogen) atoms. The number of hydrogen-bond acceptors (Lipinski definition) is 18. The van der Waals surface area contributed by atoms with Crippen LogP contribution in [0.15, 0.2) is 85.5 Å². The van der Waals surface area contributed by atoms with Crippen LogP contribution in [0.4, 0.5) is 23.0 Å². The van der Waals surface area contributed by atoms with E-state index in [0.717, 1.165) is 55.9 Å². The number of aromatic amines is 2. The number of methoxy groups -OCH3 is 4. The molecule has 0 aliphatic heterocycles. The Morgan fingerprint density at radius 3 is 1.15 bits per heavy atom. The number of fused-ring (bicyclic) bond motifs is 2. The molecule has 0 spiro atoms. The van der Waals surface area contributed by atoms with Gasteiger partial charge < -0.3 is 67.9 Å². The van der Waals surface area contributed by atoms with Gasteiger partial charge in [0.2, 0.25) is 24.3 Å². The molecule has 0 fully saturated rings. The molecule has 22 nitrogen and oxygen atoms in total. The molecule has 0 bridgehead atoms. The Morgan fingerprint density at radius 1 is 0.513 bits per heavy atom. The summed E-state index contributed by atoms with van der Waals surface area (Å²) in [7, 11) is 6.52. The molecule has 0 aliphatic rings. The van der Waals surface area contributed by atoms with Crippen molar-refractivity contribution in [3.05, 3.63) is 96.6 Å². The first-order chi connectivity index (χ1) is 37.7. The minimum absolute atomic E-state index is 0.0628. The predicted octanol–water partition coefficient (Wildman–Crippen LogP) is 4.41. The molecule has 0 amide bonds. The lowest BCUT2D eigenvalue weighted by molar-refractivity contribution is -0.363. The van der Waals surface area contributed by atoms with E-state index in [2.05, 4.69) is 42.4 Å². The molecule has 2 aromatic heterocycles. The maximum atomic E-state index is 9.90. The molecule has 6 rings (SSSR count). The van der Waals surface area contributed by atoms with E-state index in [-0.39, 0.29) is 25.7 Å². The number of benzene rings is 4. The van der Waals surface area contributed by atoms with Crippen LogP contribution in [-0.4, -0.2) is 125 Å². The number of terminal acetylenes is 2. The largest absolute Gasteiger partial charge is 0.550 e. The Morgan fingerprint density at radius 2 is 0.846 bits per heavy atom. The molecule has 0 aliphatic carbocycles. The number of ether oxygens (including phenoxy) is 8. The normalized spacial score (nSPS) is 10.2. The van der Waals surface area contributed by atoms with E-state index in [0.29, 0.717) is 102 Å². The van der Waals surface area contributed by atoms with E-state index in [9.17, 15) is 29.4 Å². The van der Waals surface area contributed by atoms with Gasteiger partial charge in [0, 0.05) is 88.6 Å². The summed E-state index contributed by atoms with van der Waals surface area (Å²) in [6.45, 7) is 3.52. The molecule has 0 saturated carbocycles. The molecule has 22 heteroatoms. The Bertz CT molecular complexity index is 2680. The van der Waals surface area contributed by atoms with E-state index >= 15 is 0 Å². The predicted molar refractivity (Wildman–Crippen MR) is 284 cm³/mol. The molecule has 0 atom stereocenters. The van der Waals surface area contributed by atoms with Crippen LogP contribution >= 0.6 is 0 Å². The van der Waals surface area contributed by atoms with Gasteiger partial charge in [-0.05, 0) is 74.9 Å². The fourth-order valence-electron chi connectivity index (χ4n) is 6.55. The maximum Gasteiger partial charge on any atom is 0.303 e. The number of hydrogen-bond donors (Lipinski definition) is 4. The van der Waals surface area contributed by atoms with Gasteiger partial charge in [0.25, 0.3) is 0 Å². The topological polar surface area (TPSA) is 307 Å². The number of anilines is 4. The van der Waals surface area contributed by atoms with Crippen molar-refractivity contribution < 1.29 is 87.5 Å². The molecule has 6 aromatic rings. The quantitative estimate of drug-likeness (QED) is 0.0359. The minimum atomic E-state index is -1.14. The van der Waals surface area contributed by atoms with Crippen LogP contribution in [0, 0.1) is 24.7 Å². The number of H-pyrrole nitrogens is 2. The number of aliphatic carboxylic acids is 4. The van der Waals surface area contributed by atoms with Crippen molar-refractivity contribution in [2.75, 3.05) is 91.9 Å². The summed E-state index contributed by atoms with van der Waals surface area (Å²) >= 11 is 0. The summed E-state index contributed by atoms with van der Waals surface area (Å²) < 4.78 is 43.7. The second kappa shape index (κ2) is 37.0. The number of aromatic nitrogens is 4. The second-order valence-electron chi connectivity index (χ2n) is 16.2. The second-order valence-corrected chi connectivity index (χ2v) is 16.2. The number of nitrogens with one attached hydrogen (secondary N) is 4. The minimum Gasteiger partial charge on any atom is -0.550 e. The molecular formula is C56H66N6O16. The first-order valence-electron chi connectivity index (χ1n) is 24.4. The summed E-state index contributed by atoms with van der Waals surface area (Å²) in [5.74, 6) is 5.20. The van der Waals surface area contributed by atoms with Crippen molar-refractivity contribution >= 4 is 68.7 Å². The first kappa shape index (κ1) is 63.5. The zero-order chi connectivity index (χ0) is 56.9. The van der Waals surface area contributed by atoms with Crippen molar-refractivity contribution in [2.24, 2.45) is 0 Å². The van der Waals surface area contributed by atoms with Crippen LogP contribution in [0.25, 0.3) is 21.8 Å². The number of unbranched alkanes of at least 4 members (excludes halogenated alkanes) is 2. The lowest BCUT2D eigenvalue weighted by Gasteiger charge is -2.13. The van der Waals surface area contributed by atoms with Gasteiger partial charge >= 0.3 is 11.9 Å². The molecule has 416 valence electrons. The molecule has 6 N–H and O–H groups in total. The lowest BCUT2D eigenvalue weighted by atomic mass is 10.2. The van der Waals surface area contributed by atoms with Crippen molar-refractivity contribution in [3.63, 3.8) is 0 Å². The average Bonchev–Trinajstić information content (AvgIpc) is 3.44. The van der Waals surface area contributed by atoms with Gasteiger partial charge in [0.1, 0.15) is 26.4 Å². The van der Waals surface area contributed by atoms with Crippen molar-refractivity contribution in [1.29, 1.82) is 0 Å². The fourth-order valence-corrected chi connectivity index (χ4v) is 6.55. The van der Waals surface area contributed by atoms with Gasteiger partial charge in [-0.2, -0.15) is 0 Å². The van der Waals surface area contributed by atoms with Crippen LogP contribution in [-0.2, 0) is 38.1 Å². The number of nitrogens with zero attached hydrogens (tertiary/aromatic N) is 2. The number of rotatable bonds is 30. The summed E-state index contributed by atoms with van der Waals surface area (Å²) in [6, 6.07) is 22.7. The van der Waals surface area contributed by atoms with E-state index in [4.69, 9.17) is 61.0 Å². The third-order valence-electron chi connectivity index (χ3n) is 10.3. The molecule has 0 radical (unpaired) electrons. The highest BCUT2D eigenvalue weighted by Gasteiger charge is 2.18. The van der Waals surface area contributed by atoms with E-state index in [1.165, 1.54) is 0 Å². The average molecular weight is 1080 g/mol. The molecule has 2 heterocycles. The number of carbonyl (C=O) groups is 4. The third kappa shape index (κ3) is 24.7. The maximum absolute atomic E-state index is 9.90. The zero-order valence-corrected chi connectivity index (χ0v) is 44.1. The molecule has 0 unspecified atom stereocenters. The summed E-state index contributed by atoms with van der Waals surface area (Å²) in [6.07, 6.45) is 15.8. The van der Waals surface area contributed by atoms with Crippen LogP contribution in [0.2, 0.25) is 0 Å². The van der Waals surface area contributed by atoms with Crippen LogP contribution in [0.5, 0.6) is 23.0 Å². The van der Waals surface area contributed by atoms with E-state index < -0.39 is 23.9 Å². The Hall–Kier alpha value is -8.80. The third-order valence-corrected chi connectivity index (χ3v) is 10.3. The van der Waals surface area contributed by atoms with Gasteiger partial charge in [-0.3, -0.25) is 20.2 Å². The van der Waals surface area contributed by atoms with Gasteiger partial charge in [0.05, 0.1) is 48.6 Å². The van der Waals surface area contributed by atoms with E-state index in [1.54, 1.807) is 41.1 Å². The van der Waals surface area contributed by atoms with Gasteiger partial charge in [0.15, 0.2) is 34.0 Å². The zero-order valence-electron chi connectivity index (χ0n) is 44.1. The van der Waals surface area contributed by atoms with Gasteiger partial charge in [-0.15, -0.1) is 22.8 Å². The monoisotopic (exact) mass is 1080 g/mol. The summed E-state index contributed by atoms with van der Waals surface area (Å²) in [5, 5.41) is 44.2. The first-order valence-corrected chi connectivity index (χ1v) is 24.4. The Balaban J connectivity index is 0.000000306. The van der Waals surface area contributed by atoms with E-state index in [1.807, 2.05) is 72.8 Å². The number of carboxylic acid groups (broad SMARTS) is 4. The highest BCUT2D eigenvalue weighted by molar-refractivity contribution is 5.92. The highest BCUT2D eigenvalue weighted by atomic mass is 16.6. The standard InChI is InChI=1S/2C22H23N3O4.2C6H10O4/c2*1-4-16-6-5-7-17(12-16)25-22-18-13-20(28-10-8-26-2)21(29-11-9-27-3)14-19(18)23-15-24-22;2*7-5(8)3-1-2-4-6(9)10/h2*1,5-7,12-15H,8-11H2,2-3H3,(H,23,24,25);2*1-4H2,(H,7,8)(H,9,10). The lowest BCUT2D eigenvalue weighted by Crippen LogP contribution is -2.23. The molecule has 4 aromatic carbocycles. The fraction of sp³-hybridized carbons (Fsp3) is 0.357.